The lowest BCUT2D eigenvalue weighted by atomic mass is 9.91. The summed E-state index contributed by atoms with van der Waals surface area (Å²) in [7, 11) is 1.67. The predicted octanol–water partition coefficient (Wildman–Crippen LogP) is 3.21. The average molecular weight is 253 g/mol. The smallest absolute Gasteiger partial charge is 0.129 e. The maximum absolute atomic E-state index is 5.29. The monoisotopic (exact) mass is 253 g/mol. The Morgan fingerprint density at radius 2 is 1.79 bits per heavy atom. The predicted molar refractivity (Wildman–Crippen MR) is 74.7 cm³/mol. The Bertz CT molecular complexity index is 575. The van der Waals surface area contributed by atoms with Gasteiger partial charge in [0, 0.05) is 5.56 Å². The molecule has 2 aromatic rings. The molecule has 0 amide bonds. The largest absolute Gasteiger partial charge is 0.497 e. The first kappa shape index (κ1) is 11.8. The molecule has 2 aromatic carbocycles. The van der Waals surface area contributed by atoms with Crippen LogP contribution in [-0.4, -0.2) is 19.4 Å². The first-order valence-electron chi connectivity index (χ1n) is 6.27. The molecule has 1 aliphatic heterocycles. The highest BCUT2D eigenvalue weighted by Crippen LogP contribution is 2.28. The third-order valence-electron chi connectivity index (χ3n) is 3.32. The van der Waals surface area contributed by atoms with Gasteiger partial charge in [-0.05, 0) is 17.7 Å². The van der Waals surface area contributed by atoms with Crippen LogP contribution in [0.25, 0.3) is 0 Å². The Balaban J connectivity index is 1.90. The fourth-order valence-corrected chi connectivity index (χ4v) is 2.28. The van der Waals surface area contributed by atoms with Crippen molar-refractivity contribution in [3.8, 4) is 5.75 Å². The molecule has 0 spiro atoms. The summed E-state index contributed by atoms with van der Waals surface area (Å²) in [5.74, 6) is 1.05. The van der Waals surface area contributed by atoms with Gasteiger partial charge in [-0.15, -0.1) is 0 Å². The average Bonchev–Trinajstić information content (AvgIpc) is 2.98. The van der Waals surface area contributed by atoms with E-state index < -0.39 is 0 Å². The fraction of sp³-hybridized carbons (Fsp3) is 0.188. The Morgan fingerprint density at radius 3 is 2.47 bits per heavy atom. The Hall–Kier alpha value is -2.29. The molecule has 1 aliphatic rings. The lowest BCUT2D eigenvalue weighted by Gasteiger charge is -2.11. The van der Waals surface area contributed by atoms with E-state index in [9.17, 15) is 0 Å². The van der Waals surface area contributed by atoms with E-state index in [1.807, 2.05) is 30.3 Å². The van der Waals surface area contributed by atoms with Crippen LogP contribution < -0.4 is 4.74 Å². The molecule has 19 heavy (non-hydrogen) atoms. The van der Waals surface area contributed by atoms with Crippen molar-refractivity contribution in [1.82, 2.24) is 0 Å². The second-order valence-electron chi connectivity index (χ2n) is 4.46. The second-order valence-corrected chi connectivity index (χ2v) is 4.46. The van der Waals surface area contributed by atoms with Gasteiger partial charge in [0.05, 0.1) is 18.7 Å². The van der Waals surface area contributed by atoms with E-state index in [1.165, 1.54) is 5.56 Å². The van der Waals surface area contributed by atoms with Crippen LogP contribution in [0.2, 0.25) is 0 Å². The van der Waals surface area contributed by atoms with Gasteiger partial charge in [0.15, 0.2) is 0 Å². The number of methoxy groups -OCH3 is 1. The lowest BCUT2D eigenvalue weighted by Crippen LogP contribution is -2.12. The molecular weight excluding hydrogens is 238 g/mol. The number of nitrogens with zero attached hydrogens (tertiary/aromatic N) is 1. The minimum Gasteiger partial charge on any atom is -0.497 e. The summed E-state index contributed by atoms with van der Waals surface area (Å²) in [4.78, 5) is 5.29. The van der Waals surface area contributed by atoms with E-state index in [2.05, 4.69) is 29.4 Å². The molecule has 0 saturated heterocycles. The van der Waals surface area contributed by atoms with Crippen LogP contribution in [0.5, 0.6) is 5.75 Å². The maximum atomic E-state index is 5.29. The molecule has 0 radical (unpaired) electrons. The summed E-state index contributed by atoms with van der Waals surface area (Å²) in [6.07, 6.45) is 0. The molecule has 0 bridgehead atoms. The van der Waals surface area contributed by atoms with Gasteiger partial charge in [-0.2, -0.15) is 0 Å². The Labute approximate surface area is 112 Å². The minimum absolute atomic E-state index is 0.188. The van der Waals surface area contributed by atoms with E-state index in [0.29, 0.717) is 6.61 Å². The molecule has 1 heterocycles. The van der Waals surface area contributed by atoms with Crippen LogP contribution in [0.1, 0.15) is 17.0 Å². The summed E-state index contributed by atoms with van der Waals surface area (Å²) in [5.41, 5.74) is 3.30. The van der Waals surface area contributed by atoms with Gasteiger partial charge in [0.1, 0.15) is 12.4 Å². The maximum Gasteiger partial charge on any atom is 0.129 e. The van der Waals surface area contributed by atoms with Gasteiger partial charge in [-0.3, -0.25) is 0 Å². The van der Waals surface area contributed by atoms with Crippen molar-refractivity contribution in [1.29, 1.82) is 0 Å². The molecule has 3 nitrogen and oxygen atoms in total. The fourth-order valence-electron chi connectivity index (χ4n) is 2.28. The third kappa shape index (κ3) is 2.32. The van der Waals surface area contributed by atoms with Crippen LogP contribution in [0.4, 0.5) is 0 Å². The number of benzene rings is 2. The van der Waals surface area contributed by atoms with Crippen LogP contribution in [0.3, 0.4) is 0 Å². The molecular formula is C16H15NO2. The van der Waals surface area contributed by atoms with E-state index >= 15 is 0 Å². The highest BCUT2D eigenvalue weighted by molar-refractivity contribution is 6.05. The van der Waals surface area contributed by atoms with E-state index in [4.69, 9.17) is 9.57 Å². The van der Waals surface area contributed by atoms with E-state index in [1.54, 1.807) is 7.11 Å². The first-order chi connectivity index (χ1) is 9.38. The zero-order valence-electron chi connectivity index (χ0n) is 10.7. The van der Waals surface area contributed by atoms with Crippen molar-refractivity contribution in [3.05, 3.63) is 65.7 Å². The number of hydrogen-bond acceptors (Lipinski definition) is 3. The van der Waals surface area contributed by atoms with Gasteiger partial charge in [0.25, 0.3) is 0 Å². The van der Waals surface area contributed by atoms with Gasteiger partial charge in [-0.25, -0.2) is 0 Å². The van der Waals surface area contributed by atoms with Crippen LogP contribution >= 0.6 is 0 Å². The molecule has 96 valence electrons. The van der Waals surface area contributed by atoms with Crippen LogP contribution in [-0.2, 0) is 4.84 Å². The van der Waals surface area contributed by atoms with E-state index in [0.717, 1.165) is 17.0 Å². The number of rotatable bonds is 3. The SMILES string of the molecule is COc1ccc(C2CON=C2c2ccccc2)cc1. The standard InChI is InChI=1S/C16H15NO2/c1-18-14-9-7-12(8-10-14)15-11-19-17-16(15)13-5-3-2-4-6-13/h2-10,15H,11H2,1H3. The van der Waals surface area contributed by atoms with Crippen LogP contribution in [0, 0.1) is 0 Å². The topological polar surface area (TPSA) is 30.8 Å². The zero-order valence-corrected chi connectivity index (χ0v) is 10.7. The van der Waals surface area contributed by atoms with Gasteiger partial charge in [0.2, 0.25) is 0 Å². The molecule has 0 aromatic heterocycles. The molecule has 0 fully saturated rings. The molecule has 0 saturated carbocycles. The molecule has 1 atom stereocenters. The van der Waals surface area contributed by atoms with Crippen molar-refractivity contribution < 1.29 is 9.57 Å². The minimum atomic E-state index is 0.188. The lowest BCUT2D eigenvalue weighted by molar-refractivity contribution is 0.166. The Kier molecular flexibility index (Phi) is 3.19. The van der Waals surface area contributed by atoms with Crippen molar-refractivity contribution in [2.24, 2.45) is 5.16 Å². The van der Waals surface area contributed by atoms with Crippen molar-refractivity contribution in [3.63, 3.8) is 0 Å². The van der Waals surface area contributed by atoms with Crippen LogP contribution in [0.15, 0.2) is 59.8 Å². The highest BCUT2D eigenvalue weighted by atomic mass is 16.6. The van der Waals surface area contributed by atoms with Crippen molar-refractivity contribution in [2.45, 2.75) is 5.92 Å². The second kappa shape index (κ2) is 5.14. The summed E-state index contributed by atoms with van der Waals surface area (Å²) < 4.78 is 5.18. The summed E-state index contributed by atoms with van der Waals surface area (Å²) in [6, 6.07) is 18.2. The number of oxime groups is 1. The van der Waals surface area contributed by atoms with Crippen molar-refractivity contribution >= 4 is 5.71 Å². The van der Waals surface area contributed by atoms with E-state index in [-0.39, 0.29) is 5.92 Å². The normalized spacial score (nSPS) is 17.7. The van der Waals surface area contributed by atoms with Gasteiger partial charge in [-0.1, -0.05) is 47.6 Å². The molecule has 1 unspecified atom stereocenters. The quantitative estimate of drug-likeness (QED) is 0.841. The zero-order chi connectivity index (χ0) is 13.1. The first-order valence-corrected chi connectivity index (χ1v) is 6.27. The molecule has 0 aliphatic carbocycles. The summed E-state index contributed by atoms with van der Waals surface area (Å²) >= 11 is 0. The highest BCUT2D eigenvalue weighted by Gasteiger charge is 2.26. The molecule has 3 heteroatoms. The number of ether oxygens (including phenoxy) is 1. The summed E-state index contributed by atoms with van der Waals surface area (Å²) in [5, 5.41) is 4.19. The molecule has 3 rings (SSSR count). The van der Waals surface area contributed by atoms with Gasteiger partial charge >= 0.3 is 0 Å². The third-order valence-corrected chi connectivity index (χ3v) is 3.32. The summed E-state index contributed by atoms with van der Waals surface area (Å²) in [6.45, 7) is 0.594. The van der Waals surface area contributed by atoms with Gasteiger partial charge < -0.3 is 9.57 Å². The Morgan fingerprint density at radius 1 is 1.05 bits per heavy atom. The molecule has 0 N–H and O–H groups in total. The van der Waals surface area contributed by atoms with Crippen molar-refractivity contribution in [2.75, 3.05) is 13.7 Å². The number of hydrogen-bond donors (Lipinski definition) is 0.